The summed E-state index contributed by atoms with van der Waals surface area (Å²) in [7, 11) is -3.46. The van der Waals surface area contributed by atoms with Crippen molar-refractivity contribution in [3.63, 3.8) is 0 Å². The third-order valence-corrected chi connectivity index (χ3v) is 6.38. The number of nitrogens with one attached hydrogen (secondary N) is 1. The highest BCUT2D eigenvalue weighted by atomic mass is 32.2. The number of hydrogen-bond donors (Lipinski definition) is 1. The van der Waals surface area contributed by atoms with Gasteiger partial charge in [0.2, 0.25) is 10.0 Å². The van der Waals surface area contributed by atoms with Gasteiger partial charge in [-0.3, -0.25) is 9.10 Å². The van der Waals surface area contributed by atoms with Crippen molar-refractivity contribution in [2.45, 2.75) is 27.3 Å². The van der Waals surface area contributed by atoms with Crippen molar-refractivity contribution in [1.29, 1.82) is 0 Å². The van der Waals surface area contributed by atoms with E-state index in [1.807, 2.05) is 45.0 Å². The molecule has 0 heterocycles. The van der Waals surface area contributed by atoms with Gasteiger partial charge in [-0.05, 0) is 62.2 Å². The molecule has 3 rings (SSSR count). The van der Waals surface area contributed by atoms with Gasteiger partial charge in [-0.15, -0.1) is 0 Å². The Balaban J connectivity index is 1.57. The molecule has 0 aliphatic heterocycles. The van der Waals surface area contributed by atoms with E-state index in [1.54, 1.807) is 36.4 Å². The summed E-state index contributed by atoms with van der Waals surface area (Å²) in [6.45, 7) is 6.91. The molecule has 0 saturated carbocycles. The Morgan fingerprint density at radius 3 is 2.15 bits per heavy atom. The number of aryl methyl sites for hydroxylation is 3. The lowest BCUT2D eigenvalue weighted by atomic mass is 10.1. The minimum absolute atomic E-state index is 0.188. The Hall–Kier alpha value is -3.32. The molecule has 174 valence electrons. The first kappa shape index (κ1) is 24.3. The number of ether oxygens (including phenoxy) is 1. The van der Waals surface area contributed by atoms with Crippen LogP contribution in [0.4, 0.5) is 5.69 Å². The molecule has 0 aromatic heterocycles. The van der Waals surface area contributed by atoms with Crippen molar-refractivity contribution in [3.05, 3.63) is 94.5 Å². The molecule has 33 heavy (non-hydrogen) atoms. The lowest BCUT2D eigenvalue weighted by molar-refractivity contribution is 0.0947. The summed E-state index contributed by atoms with van der Waals surface area (Å²) in [5.41, 5.74) is 5.19. The topological polar surface area (TPSA) is 75.7 Å². The first-order valence-electron chi connectivity index (χ1n) is 10.7. The van der Waals surface area contributed by atoms with E-state index in [0.717, 1.165) is 22.4 Å². The Morgan fingerprint density at radius 1 is 0.909 bits per heavy atom. The number of benzene rings is 3. The number of hydrogen-bond acceptors (Lipinski definition) is 4. The zero-order valence-corrected chi connectivity index (χ0v) is 20.3. The predicted molar refractivity (Wildman–Crippen MR) is 132 cm³/mol. The van der Waals surface area contributed by atoms with Gasteiger partial charge in [0.25, 0.3) is 5.91 Å². The van der Waals surface area contributed by atoms with Gasteiger partial charge in [-0.2, -0.15) is 0 Å². The highest BCUT2D eigenvalue weighted by Gasteiger charge is 2.18. The summed E-state index contributed by atoms with van der Waals surface area (Å²) in [6.07, 6.45) is 1.19. The van der Waals surface area contributed by atoms with E-state index >= 15 is 0 Å². The quantitative estimate of drug-likeness (QED) is 0.475. The summed E-state index contributed by atoms with van der Waals surface area (Å²) in [6, 6.07) is 20.3. The first-order chi connectivity index (χ1) is 15.6. The average molecular weight is 467 g/mol. The molecular formula is C26H30N2O4S. The van der Waals surface area contributed by atoms with Crippen molar-refractivity contribution in [2.24, 2.45) is 0 Å². The number of rotatable bonds is 9. The van der Waals surface area contributed by atoms with Gasteiger partial charge in [0.15, 0.2) is 0 Å². The number of nitrogens with zero attached hydrogens (tertiary/aromatic N) is 1. The number of carbonyl (C=O) groups is 1. The highest BCUT2D eigenvalue weighted by Crippen LogP contribution is 2.21. The van der Waals surface area contributed by atoms with E-state index in [-0.39, 0.29) is 12.5 Å². The van der Waals surface area contributed by atoms with Gasteiger partial charge < -0.3 is 10.1 Å². The van der Waals surface area contributed by atoms with Crippen LogP contribution in [0.2, 0.25) is 0 Å². The molecule has 0 fully saturated rings. The monoisotopic (exact) mass is 466 g/mol. The molecule has 1 N–H and O–H groups in total. The average Bonchev–Trinajstić information content (AvgIpc) is 2.76. The smallest absolute Gasteiger partial charge is 0.251 e. The maximum absolute atomic E-state index is 12.4. The van der Waals surface area contributed by atoms with Crippen molar-refractivity contribution >= 4 is 21.6 Å². The summed E-state index contributed by atoms with van der Waals surface area (Å²) in [5, 5.41) is 2.85. The molecule has 0 aliphatic rings. The molecule has 0 aliphatic carbocycles. The predicted octanol–water partition coefficient (Wildman–Crippen LogP) is 4.39. The largest absolute Gasteiger partial charge is 0.491 e. The molecule has 0 bridgehead atoms. The van der Waals surface area contributed by atoms with Crippen molar-refractivity contribution in [2.75, 3.05) is 23.7 Å². The van der Waals surface area contributed by atoms with Crippen molar-refractivity contribution in [3.8, 4) is 5.75 Å². The minimum atomic E-state index is -3.46. The van der Waals surface area contributed by atoms with Crippen LogP contribution in [0, 0.1) is 20.8 Å². The van der Waals surface area contributed by atoms with Crippen LogP contribution in [0.1, 0.15) is 32.6 Å². The standard InChI is InChI=1S/C26H30N2O4S/c1-19-5-12-24(13-6-19)28(33(4,30)31)18-22-8-10-23(11-9-22)26(29)27-15-16-32-25-14-7-20(2)17-21(25)3/h5-14,17H,15-16,18H2,1-4H3,(H,27,29). The Morgan fingerprint density at radius 2 is 1.55 bits per heavy atom. The molecular weight excluding hydrogens is 436 g/mol. The van der Waals surface area contributed by atoms with Crippen LogP contribution in [0.15, 0.2) is 66.7 Å². The second-order valence-corrected chi connectivity index (χ2v) is 10.1. The number of carbonyl (C=O) groups excluding carboxylic acids is 1. The molecule has 6 nitrogen and oxygen atoms in total. The molecule has 0 unspecified atom stereocenters. The molecule has 3 aromatic rings. The van der Waals surface area contributed by atoms with E-state index < -0.39 is 10.0 Å². The number of anilines is 1. The Labute approximate surface area is 196 Å². The lowest BCUT2D eigenvalue weighted by Gasteiger charge is -2.22. The van der Waals surface area contributed by atoms with E-state index in [9.17, 15) is 13.2 Å². The molecule has 0 spiro atoms. The van der Waals surface area contributed by atoms with Crippen molar-refractivity contribution in [1.82, 2.24) is 5.32 Å². The van der Waals surface area contributed by atoms with Gasteiger partial charge in [0.05, 0.1) is 25.0 Å². The van der Waals surface area contributed by atoms with Crippen molar-refractivity contribution < 1.29 is 17.9 Å². The zero-order chi connectivity index (χ0) is 24.0. The van der Waals surface area contributed by atoms with Gasteiger partial charge >= 0.3 is 0 Å². The second kappa shape index (κ2) is 10.5. The van der Waals surface area contributed by atoms with Gasteiger partial charge in [0.1, 0.15) is 12.4 Å². The third-order valence-electron chi connectivity index (χ3n) is 5.24. The zero-order valence-electron chi connectivity index (χ0n) is 19.5. The second-order valence-electron chi connectivity index (χ2n) is 8.18. The maximum atomic E-state index is 12.4. The highest BCUT2D eigenvalue weighted by molar-refractivity contribution is 7.92. The first-order valence-corrected chi connectivity index (χ1v) is 12.6. The molecule has 0 radical (unpaired) electrons. The fourth-order valence-corrected chi connectivity index (χ4v) is 4.32. The molecule has 0 atom stereocenters. The van der Waals surface area contributed by atoms with E-state index in [1.165, 1.54) is 16.1 Å². The van der Waals surface area contributed by atoms with Gasteiger partial charge in [0, 0.05) is 5.56 Å². The SMILES string of the molecule is Cc1ccc(N(Cc2ccc(C(=O)NCCOc3ccc(C)cc3C)cc2)S(C)(=O)=O)cc1. The van der Waals surface area contributed by atoms with Crippen LogP contribution in [0.25, 0.3) is 0 Å². The van der Waals surface area contributed by atoms with Crippen LogP contribution in [-0.2, 0) is 16.6 Å². The molecule has 3 aromatic carbocycles. The van der Waals surface area contributed by atoms with Crippen LogP contribution >= 0.6 is 0 Å². The molecule has 7 heteroatoms. The van der Waals surface area contributed by atoms with Gasteiger partial charge in [-0.25, -0.2) is 8.42 Å². The number of sulfonamides is 1. The minimum Gasteiger partial charge on any atom is -0.491 e. The number of amides is 1. The summed E-state index contributed by atoms with van der Waals surface area (Å²) in [4.78, 5) is 12.4. The maximum Gasteiger partial charge on any atom is 0.251 e. The van der Waals surface area contributed by atoms with Crippen LogP contribution in [0.5, 0.6) is 5.75 Å². The van der Waals surface area contributed by atoms with Gasteiger partial charge in [-0.1, -0.05) is 47.5 Å². The Kier molecular flexibility index (Phi) is 7.76. The van der Waals surface area contributed by atoms with E-state index in [4.69, 9.17) is 4.74 Å². The van der Waals surface area contributed by atoms with Crippen LogP contribution in [0.3, 0.4) is 0 Å². The fourth-order valence-electron chi connectivity index (χ4n) is 3.43. The normalized spacial score (nSPS) is 11.2. The summed E-state index contributed by atoms with van der Waals surface area (Å²) < 4.78 is 31.8. The third kappa shape index (κ3) is 6.83. The Bertz CT molecular complexity index is 1200. The van der Waals surface area contributed by atoms with E-state index in [0.29, 0.717) is 24.4 Å². The van der Waals surface area contributed by atoms with Crippen LogP contribution < -0.4 is 14.4 Å². The lowest BCUT2D eigenvalue weighted by Crippen LogP contribution is -2.29. The summed E-state index contributed by atoms with van der Waals surface area (Å²) >= 11 is 0. The summed E-state index contributed by atoms with van der Waals surface area (Å²) in [5.74, 6) is 0.604. The van der Waals surface area contributed by atoms with E-state index in [2.05, 4.69) is 11.4 Å². The molecule has 1 amide bonds. The molecule has 0 saturated heterocycles. The van der Waals surface area contributed by atoms with Crippen LogP contribution in [-0.4, -0.2) is 33.7 Å². The fraction of sp³-hybridized carbons (Fsp3) is 0.269.